The van der Waals surface area contributed by atoms with E-state index in [1.54, 1.807) is 0 Å². The molecule has 0 aromatic heterocycles. The summed E-state index contributed by atoms with van der Waals surface area (Å²) in [7, 11) is 0. The Morgan fingerprint density at radius 2 is 2.10 bits per heavy atom. The van der Waals surface area contributed by atoms with E-state index in [-0.39, 0.29) is 0 Å². The first-order chi connectivity index (χ1) is 4.85. The zero-order valence-corrected chi connectivity index (χ0v) is 6.34. The highest BCUT2D eigenvalue weighted by molar-refractivity contribution is 5.11. The molecule has 10 heavy (non-hydrogen) atoms. The molecule has 0 radical (unpaired) electrons. The molecule has 0 heterocycles. The molecular formula is C9H15N. The highest BCUT2D eigenvalue weighted by Gasteiger charge is 2.34. The number of hydrogen-bond donors (Lipinski definition) is 1. The van der Waals surface area contributed by atoms with E-state index in [0.717, 1.165) is 12.5 Å². The van der Waals surface area contributed by atoms with Crippen LogP contribution in [0.5, 0.6) is 0 Å². The molecule has 1 heteroatoms. The van der Waals surface area contributed by atoms with Gasteiger partial charge >= 0.3 is 0 Å². The van der Waals surface area contributed by atoms with E-state index >= 15 is 0 Å². The van der Waals surface area contributed by atoms with E-state index in [2.05, 4.69) is 12.2 Å². The third-order valence-electron chi connectivity index (χ3n) is 3.15. The molecule has 1 fully saturated rings. The molecule has 0 aromatic rings. The van der Waals surface area contributed by atoms with Gasteiger partial charge in [0.15, 0.2) is 0 Å². The molecule has 3 rings (SSSR count). The average molecular weight is 137 g/mol. The summed E-state index contributed by atoms with van der Waals surface area (Å²) in [5.74, 6) is 0.897. The van der Waals surface area contributed by atoms with Crippen LogP contribution in [-0.2, 0) is 0 Å². The average Bonchev–Trinajstić information content (AvgIpc) is 2.08. The number of allylic oxidation sites excluding steroid dienone is 1. The third kappa shape index (κ3) is 0.807. The summed E-state index contributed by atoms with van der Waals surface area (Å²) in [5, 5.41) is 0. The maximum absolute atomic E-state index is 5.72. The molecule has 2 bridgehead atoms. The summed E-state index contributed by atoms with van der Waals surface area (Å²) < 4.78 is 0. The SMILES string of the molecule is NCC12C=CC(CC1)CC2. The normalized spacial score (nSPS) is 44.3. The van der Waals surface area contributed by atoms with Crippen molar-refractivity contribution in [2.24, 2.45) is 17.1 Å². The van der Waals surface area contributed by atoms with Crippen LogP contribution >= 0.6 is 0 Å². The fourth-order valence-corrected chi connectivity index (χ4v) is 2.19. The minimum atomic E-state index is 0.425. The van der Waals surface area contributed by atoms with Crippen LogP contribution in [-0.4, -0.2) is 6.54 Å². The molecule has 2 N–H and O–H groups in total. The van der Waals surface area contributed by atoms with Crippen molar-refractivity contribution in [2.75, 3.05) is 6.54 Å². The molecule has 1 saturated carbocycles. The lowest BCUT2D eigenvalue weighted by molar-refractivity contribution is 0.209. The minimum absolute atomic E-state index is 0.425. The maximum Gasteiger partial charge on any atom is 0.00142 e. The van der Waals surface area contributed by atoms with Gasteiger partial charge in [-0.1, -0.05) is 12.2 Å². The Balaban J connectivity index is 2.22. The second-order valence-corrected chi connectivity index (χ2v) is 3.76. The summed E-state index contributed by atoms with van der Waals surface area (Å²) >= 11 is 0. The number of rotatable bonds is 1. The zero-order chi connectivity index (χ0) is 7.03. The smallest absolute Gasteiger partial charge is 0.00142 e. The monoisotopic (exact) mass is 137 g/mol. The maximum atomic E-state index is 5.72. The topological polar surface area (TPSA) is 26.0 Å². The fourth-order valence-electron chi connectivity index (χ4n) is 2.19. The van der Waals surface area contributed by atoms with Crippen molar-refractivity contribution in [1.29, 1.82) is 0 Å². The summed E-state index contributed by atoms with van der Waals surface area (Å²) in [6.45, 7) is 0.857. The Morgan fingerprint density at radius 1 is 1.40 bits per heavy atom. The van der Waals surface area contributed by atoms with Gasteiger partial charge in [-0.05, 0) is 31.6 Å². The van der Waals surface area contributed by atoms with Crippen molar-refractivity contribution in [1.82, 2.24) is 0 Å². The van der Waals surface area contributed by atoms with Crippen LogP contribution in [0.4, 0.5) is 0 Å². The lowest BCUT2D eigenvalue weighted by Crippen LogP contribution is -2.35. The lowest BCUT2D eigenvalue weighted by Gasteiger charge is -2.41. The molecule has 0 saturated heterocycles. The van der Waals surface area contributed by atoms with Gasteiger partial charge in [-0.15, -0.1) is 0 Å². The minimum Gasteiger partial charge on any atom is -0.330 e. The van der Waals surface area contributed by atoms with Gasteiger partial charge in [0.25, 0.3) is 0 Å². The van der Waals surface area contributed by atoms with Crippen LogP contribution in [0.3, 0.4) is 0 Å². The summed E-state index contributed by atoms with van der Waals surface area (Å²) in [5.41, 5.74) is 6.15. The summed E-state index contributed by atoms with van der Waals surface area (Å²) in [4.78, 5) is 0. The van der Waals surface area contributed by atoms with Crippen LogP contribution in [0.1, 0.15) is 25.7 Å². The molecular weight excluding hydrogens is 122 g/mol. The lowest BCUT2D eigenvalue weighted by atomic mass is 9.65. The van der Waals surface area contributed by atoms with Crippen molar-refractivity contribution < 1.29 is 0 Å². The Labute approximate surface area is 62.3 Å². The summed E-state index contributed by atoms with van der Waals surface area (Å²) in [6.07, 6.45) is 10.2. The van der Waals surface area contributed by atoms with Crippen molar-refractivity contribution in [2.45, 2.75) is 25.7 Å². The molecule has 3 aliphatic rings. The standard InChI is InChI=1S/C9H15N/c10-7-9-4-1-8(2-5-9)3-6-9/h1,4,8H,2-3,5-7,10H2. The predicted octanol–water partition coefficient (Wildman–Crippen LogP) is 1.69. The second kappa shape index (κ2) is 2.09. The molecule has 0 amide bonds. The van der Waals surface area contributed by atoms with Gasteiger partial charge < -0.3 is 5.73 Å². The van der Waals surface area contributed by atoms with Crippen LogP contribution in [0.15, 0.2) is 12.2 Å². The quantitative estimate of drug-likeness (QED) is 0.547. The van der Waals surface area contributed by atoms with Gasteiger partial charge in [-0.2, -0.15) is 0 Å². The first-order valence-electron chi connectivity index (χ1n) is 4.24. The molecule has 3 aliphatic carbocycles. The zero-order valence-electron chi connectivity index (χ0n) is 6.34. The molecule has 0 unspecified atom stereocenters. The van der Waals surface area contributed by atoms with Gasteiger partial charge in [-0.3, -0.25) is 0 Å². The molecule has 0 spiro atoms. The molecule has 0 aliphatic heterocycles. The molecule has 56 valence electrons. The number of fused-ring (bicyclic) bond motifs is 2. The highest BCUT2D eigenvalue weighted by Crippen LogP contribution is 2.44. The van der Waals surface area contributed by atoms with E-state index in [0.29, 0.717) is 5.41 Å². The number of hydrogen-bond acceptors (Lipinski definition) is 1. The Hall–Kier alpha value is -0.300. The molecule has 1 nitrogen and oxygen atoms in total. The largest absolute Gasteiger partial charge is 0.330 e. The van der Waals surface area contributed by atoms with Gasteiger partial charge in [-0.25, -0.2) is 0 Å². The second-order valence-electron chi connectivity index (χ2n) is 3.76. The van der Waals surface area contributed by atoms with E-state index in [9.17, 15) is 0 Å². The van der Waals surface area contributed by atoms with E-state index in [4.69, 9.17) is 5.73 Å². The van der Waals surface area contributed by atoms with Crippen molar-refractivity contribution in [3.63, 3.8) is 0 Å². The highest BCUT2D eigenvalue weighted by atomic mass is 14.6. The van der Waals surface area contributed by atoms with Crippen LogP contribution < -0.4 is 5.73 Å². The first-order valence-corrected chi connectivity index (χ1v) is 4.24. The van der Waals surface area contributed by atoms with Crippen LogP contribution in [0.25, 0.3) is 0 Å². The Morgan fingerprint density at radius 3 is 2.40 bits per heavy atom. The van der Waals surface area contributed by atoms with Gasteiger partial charge in [0.1, 0.15) is 0 Å². The molecule has 0 atom stereocenters. The Bertz CT molecular complexity index is 152. The van der Waals surface area contributed by atoms with Crippen molar-refractivity contribution >= 4 is 0 Å². The van der Waals surface area contributed by atoms with E-state index in [1.165, 1.54) is 25.7 Å². The number of nitrogens with two attached hydrogens (primary N) is 1. The van der Waals surface area contributed by atoms with Gasteiger partial charge in [0, 0.05) is 12.0 Å². The first kappa shape index (κ1) is 6.41. The van der Waals surface area contributed by atoms with Gasteiger partial charge in [0.2, 0.25) is 0 Å². The molecule has 0 aromatic carbocycles. The van der Waals surface area contributed by atoms with Crippen LogP contribution in [0.2, 0.25) is 0 Å². The van der Waals surface area contributed by atoms with Crippen LogP contribution in [0, 0.1) is 11.3 Å². The summed E-state index contributed by atoms with van der Waals surface area (Å²) in [6, 6.07) is 0. The fraction of sp³-hybridized carbons (Fsp3) is 0.778. The van der Waals surface area contributed by atoms with E-state index < -0.39 is 0 Å². The Kier molecular flexibility index (Phi) is 1.34. The third-order valence-corrected chi connectivity index (χ3v) is 3.15. The van der Waals surface area contributed by atoms with Gasteiger partial charge in [0.05, 0.1) is 0 Å². The van der Waals surface area contributed by atoms with E-state index in [1.807, 2.05) is 0 Å². The predicted molar refractivity (Wildman–Crippen MR) is 42.6 cm³/mol. The van der Waals surface area contributed by atoms with Crippen molar-refractivity contribution in [3.8, 4) is 0 Å². The van der Waals surface area contributed by atoms with Crippen molar-refractivity contribution in [3.05, 3.63) is 12.2 Å².